The van der Waals surface area contributed by atoms with E-state index in [9.17, 15) is 13.2 Å². The van der Waals surface area contributed by atoms with Crippen LogP contribution in [0.15, 0.2) is 42.7 Å². The Hall–Kier alpha value is -1.55. The van der Waals surface area contributed by atoms with Crippen LogP contribution in [0.5, 0.6) is 0 Å². The minimum absolute atomic E-state index is 0.374. The van der Waals surface area contributed by atoms with Crippen molar-refractivity contribution in [1.29, 1.82) is 0 Å². The Kier molecular flexibility index (Phi) is 3.07. The highest BCUT2D eigenvalue weighted by atomic mass is 35.5. The van der Waals surface area contributed by atoms with Crippen molar-refractivity contribution in [3.05, 3.63) is 53.3 Å². The topological polar surface area (TPSA) is 12.9 Å². The predicted octanol–water partition coefficient (Wildman–Crippen LogP) is 4.42. The minimum Gasteiger partial charge on any atom is -0.264 e. The van der Waals surface area contributed by atoms with Gasteiger partial charge in [-0.15, -0.1) is 0 Å². The van der Waals surface area contributed by atoms with E-state index in [-0.39, 0.29) is 0 Å². The van der Waals surface area contributed by atoms with Crippen LogP contribution >= 0.6 is 11.6 Å². The average molecular weight is 258 g/mol. The number of halogens is 4. The first kappa shape index (κ1) is 11.9. The quantitative estimate of drug-likeness (QED) is 0.737. The lowest BCUT2D eigenvalue weighted by molar-refractivity contribution is -0.137. The van der Waals surface area contributed by atoms with Gasteiger partial charge in [-0.25, -0.2) is 0 Å². The van der Waals surface area contributed by atoms with Crippen molar-refractivity contribution < 1.29 is 13.2 Å². The SMILES string of the molecule is FC(F)(F)c1cccc(-c2cnccc2Cl)c1. The summed E-state index contributed by atoms with van der Waals surface area (Å²) in [6.45, 7) is 0. The van der Waals surface area contributed by atoms with Gasteiger partial charge in [0.1, 0.15) is 0 Å². The van der Waals surface area contributed by atoms with Crippen molar-refractivity contribution >= 4 is 11.6 Å². The zero-order valence-electron chi connectivity index (χ0n) is 8.50. The van der Waals surface area contributed by atoms with E-state index in [2.05, 4.69) is 4.98 Å². The molecule has 0 saturated carbocycles. The Morgan fingerprint density at radius 1 is 1.12 bits per heavy atom. The maximum atomic E-state index is 12.5. The highest BCUT2D eigenvalue weighted by molar-refractivity contribution is 6.33. The fourth-order valence-electron chi connectivity index (χ4n) is 1.45. The molecule has 2 rings (SSSR count). The number of alkyl halides is 3. The lowest BCUT2D eigenvalue weighted by Gasteiger charge is -2.09. The van der Waals surface area contributed by atoms with E-state index in [0.717, 1.165) is 12.1 Å². The summed E-state index contributed by atoms with van der Waals surface area (Å²) in [5.74, 6) is 0. The molecule has 0 atom stereocenters. The van der Waals surface area contributed by atoms with E-state index in [1.54, 1.807) is 6.07 Å². The van der Waals surface area contributed by atoms with E-state index in [0.29, 0.717) is 16.1 Å². The van der Waals surface area contributed by atoms with Gasteiger partial charge in [-0.05, 0) is 23.8 Å². The summed E-state index contributed by atoms with van der Waals surface area (Å²) in [5.41, 5.74) is 0.188. The second-order valence-corrected chi connectivity index (χ2v) is 3.84. The number of aromatic nitrogens is 1. The molecule has 1 aromatic carbocycles. The molecular formula is C12H7ClF3N. The largest absolute Gasteiger partial charge is 0.416 e. The fourth-order valence-corrected chi connectivity index (χ4v) is 1.67. The Bertz CT molecular complexity index is 537. The summed E-state index contributed by atoms with van der Waals surface area (Å²) in [6.07, 6.45) is -1.43. The molecule has 2 aromatic rings. The number of benzene rings is 1. The second-order valence-electron chi connectivity index (χ2n) is 3.43. The second kappa shape index (κ2) is 4.37. The molecule has 0 N–H and O–H groups in total. The van der Waals surface area contributed by atoms with Gasteiger partial charge >= 0.3 is 6.18 Å². The zero-order chi connectivity index (χ0) is 12.5. The standard InChI is InChI=1S/C12H7ClF3N/c13-11-4-5-17-7-10(11)8-2-1-3-9(6-8)12(14,15)16/h1-7H. The zero-order valence-corrected chi connectivity index (χ0v) is 9.26. The highest BCUT2D eigenvalue weighted by Gasteiger charge is 2.30. The third kappa shape index (κ3) is 2.58. The molecule has 0 bridgehead atoms. The third-order valence-corrected chi connectivity index (χ3v) is 2.60. The van der Waals surface area contributed by atoms with Gasteiger partial charge in [0.25, 0.3) is 0 Å². The molecule has 0 unspecified atom stereocenters. The molecule has 0 fully saturated rings. The third-order valence-electron chi connectivity index (χ3n) is 2.27. The first-order valence-electron chi connectivity index (χ1n) is 4.75. The van der Waals surface area contributed by atoms with E-state index in [1.807, 2.05) is 0 Å². The molecule has 1 nitrogen and oxygen atoms in total. The van der Waals surface area contributed by atoms with Gasteiger partial charge in [-0.2, -0.15) is 13.2 Å². The molecule has 1 heterocycles. The van der Waals surface area contributed by atoms with Crippen molar-refractivity contribution in [2.24, 2.45) is 0 Å². The molecule has 0 amide bonds. The molecule has 5 heteroatoms. The number of hydrogen-bond donors (Lipinski definition) is 0. The van der Waals surface area contributed by atoms with Crippen LogP contribution < -0.4 is 0 Å². The summed E-state index contributed by atoms with van der Waals surface area (Å²) < 4.78 is 37.6. The molecule has 0 aliphatic rings. The van der Waals surface area contributed by atoms with Gasteiger partial charge in [0.15, 0.2) is 0 Å². The van der Waals surface area contributed by atoms with Crippen LogP contribution in [-0.4, -0.2) is 4.98 Å². The van der Waals surface area contributed by atoms with Crippen molar-refractivity contribution in [2.75, 3.05) is 0 Å². The summed E-state index contributed by atoms with van der Waals surface area (Å²) in [6, 6.07) is 6.54. The van der Waals surface area contributed by atoms with Gasteiger partial charge in [0.05, 0.1) is 10.6 Å². The Labute approximate surface area is 101 Å². The van der Waals surface area contributed by atoms with E-state index in [1.165, 1.54) is 24.5 Å². The summed E-state index contributed by atoms with van der Waals surface area (Å²) in [4.78, 5) is 3.85. The van der Waals surface area contributed by atoms with Crippen LogP contribution in [0.4, 0.5) is 13.2 Å². The summed E-state index contributed by atoms with van der Waals surface area (Å²) in [5, 5.41) is 0.374. The van der Waals surface area contributed by atoms with Crippen LogP contribution in [0, 0.1) is 0 Å². The number of pyridine rings is 1. The van der Waals surface area contributed by atoms with E-state index >= 15 is 0 Å². The normalized spacial score (nSPS) is 11.5. The number of hydrogen-bond acceptors (Lipinski definition) is 1. The molecular weight excluding hydrogens is 251 g/mol. The number of rotatable bonds is 1. The first-order valence-corrected chi connectivity index (χ1v) is 5.13. The van der Waals surface area contributed by atoms with Crippen LogP contribution in [0.2, 0.25) is 5.02 Å². The van der Waals surface area contributed by atoms with Crippen molar-refractivity contribution in [1.82, 2.24) is 4.98 Å². The first-order chi connectivity index (χ1) is 7.98. The van der Waals surface area contributed by atoms with Gasteiger partial charge < -0.3 is 0 Å². The van der Waals surface area contributed by atoms with Crippen LogP contribution in [-0.2, 0) is 6.18 Å². The minimum atomic E-state index is -4.36. The predicted molar refractivity (Wildman–Crippen MR) is 59.7 cm³/mol. The van der Waals surface area contributed by atoms with Crippen LogP contribution in [0.3, 0.4) is 0 Å². The molecule has 0 aliphatic carbocycles. The van der Waals surface area contributed by atoms with Gasteiger partial charge in [0, 0.05) is 18.0 Å². The van der Waals surface area contributed by atoms with E-state index in [4.69, 9.17) is 11.6 Å². The van der Waals surface area contributed by atoms with Crippen molar-refractivity contribution in [2.45, 2.75) is 6.18 Å². The Morgan fingerprint density at radius 3 is 2.53 bits per heavy atom. The fraction of sp³-hybridized carbons (Fsp3) is 0.0833. The van der Waals surface area contributed by atoms with Gasteiger partial charge in [0.2, 0.25) is 0 Å². The maximum Gasteiger partial charge on any atom is 0.416 e. The van der Waals surface area contributed by atoms with Gasteiger partial charge in [-0.3, -0.25) is 4.98 Å². The summed E-state index contributed by atoms with van der Waals surface area (Å²) in [7, 11) is 0. The molecule has 0 aliphatic heterocycles. The Morgan fingerprint density at radius 2 is 1.88 bits per heavy atom. The molecule has 88 valence electrons. The summed E-state index contributed by atoms with van der Waals surface area (Å²) >= 11 is 5.90. The molecule has 0 radical (unpaired) electrons. The monoisotopic (exact) mass is 257 g/mol. The number of nitrogens with zero attached hydrogens (tertiary/aromatic N) is 1. The lowest BCUT2D eigenvalue weighted by atomic mass is 10.0. The molecule has 17 heavy (non-hydrogen) atoms. The maximum absolute atomic E-state index is 12.5. The van der Waals surface area contributed by atoms with Crippen LogP contribution in [0.1, 0.15) is 5.56 Å². The molecule has 0 spiro atoms. The average Bonchev–Trinajstić information content (AvgIpc) is 2.29. The lowest BCUT2D eigenvalue weighted by Crippen LogP contribution is -2.04. The molecule has 0 saturated heterocycles. The van der Waals surface area contributed by atoms with Crippen molar-refractivity contribution in [3.8, 4) is 11.1 Å². The van der Waals surface area contributed by atoms with Crippen LogP contribution in [0.25, 0.3) is 11.1 Å². The highest BCUT2D eigenvalue weighted by Crippen LogP contribution is 2.33. The van der Waals surface area contributed by atoms with Crippen molar-refractivity contribution in [3.63, 3.8) is 0 Å². The Balaban J connectivity index is 2.51. The smallest absolute Gasteiger partial charge is 0.264 e. The van der Waals surface area contributed by atoms with Gasteiger partial charge in [-0.1, -0.05) is 23.7 Å². The van der Waals surface area contributed by atoms with E-state index < -0.39 is 11.7 Å². The molecule has 1 aromatic heterocycles.